The Morgan fingerprint density at radius 3 is 2.52 bits per heavy atom. The molecule has 0 saturated carbocycles. The predicted molar refractivity (Wildman–Crippen MR) is 90.9 cm³/mol. The third kappa shape index (κ3) is 4.41. The first-order valence-corrected chi connectivity index (χ1v) is 7.93. The molecule has 0 radical (unpaired) electrons. The highest BCUT2D eigenvalue weighted by atomic mass is 35.5. The second kappa shape index (κ2) is 7.38. The molecule has 0 spiro atoms. The van der Waals surface area contributed by atoms with Gasteiger partial charge in [0.2, 0.25) is 5.91 Å². The van der Waals surface area contributed by atoms with Crippen LogP contribution in [0.2, 0.25) is 5.02 Å². The fraction of sp³-hybridized carbons (Fsp3) is 0.188. The first-order chi connectivity index (χ1) is 10.1. The number of hydrogen-bond donors (Lipinski definition) is 2. The van der Waals surface area contributed by atoms with Crippen molar-refractivity contribution in [3.63, 3.8) is 0 Å². The van der Waals surface area contributed by atoms with Gasteiger partial charge in [-0.25, -0.2) is 0 Å². The minimum Gasteiger partial charge on any atom is -0.399 e. The summed E-state index contributed by atoms with van der Waals surface area (Å²) in [6, 6.07) is 14.7. The first kappa shape index (κ1) is 15.7. The summed E-state index contributed by atoms with van der Waals surface area (Å²) in [4.78, 5) is 13.4. The Morgan fingerprint density at radius 2 is 1.90 bits per heavy atom. The van der Waals surface area contributed by atoms with Gasteiger partial charge in [-0.3, -0.25) is 4.79 Å². The predicted octanol–water partition coefficient (Wildman–Crippen LogP) is 4.43. The van der Waals surface area contributed by atoms with E-state index >= 15 is 0 Å². The van der Waals surface area contributed by atoms with Crippen molar-refractivity contribution in [2.24, 2.45) is 0 Å². The Hall–Kier alpha value is -1.65. The molecule has 0 fully saturated rings. The first-order valence-electron chi connectivity index (χ1n) is 6.67. The maximum atomic E-state index is 12.4. The van der Waals surface area contributed by atoms with Crippen LogP contribution < -0.4 is 11.1 Å². The average molecular weight is 321 g/mol. The number of para-hydroxylation sites is 1. The van der Waals surface area contributed by atoms with Crippen LogP contribution >= 0.6 is 23.4 Å². The van der Waals surface area contributed by atoms with E-state index in [1.807, 2.05) is 43.3 Å². The maximum Gasteiger partial charge on any atom is 0.237 e. The third-order valence-electron chi connectivity index (χ3n) is 2.95. The van der Waals surface area contributed by atoms with Crippen LogP contribution in [0.1, 0.15) is 13.3 Å². The number of hydrogen-bond acceptors (Lipinski definition) is 3. The molecule has 3 nitrogen and oxygen atoms in total. The molecule has 0 saturated heterocycles. The van der Waals surface area contributed by atoms with Crippen LogP contribution in [0.15, 0.2) is 53.4 Å². The zero-order valence-electron chi connectivity index (χ0n) is 11.7. The van der Waals surface area contributed by atoms with Gasteiger partial charge in [0.15, 0.2) is 0 Å². The SMILES string of the molecule is CCC(Sc1ccc(N)cc1)C(=O)Nc1ccccc1Cl. The lowest BCUT2D eigenvalue weighted by atomic mass is 10.2. The minimum absolute atomic E-state index is 0.0487. The van der Waals surface area contributed by atoms with E-state index in [0.29, 0.717) is 16.4 Å². The van der Waals surface area contributed by atoms with Gasteiger partial charge in [0, 0.05) is 10.6 Å². The molecule has 2 aromatic carbocycles. The largest absolute Gasteiger partial charge is 0.399 e. The van der Waals surface area contributed by atoms with Crippen molar-refractivity contribution in [1.82, 2.24) is 0 Å². The molecule has 0 aliphatic rings. The Kier molecular flexibility index (Phi) is 5.53. The van der Waals surface area contributed by atoms with Gasteiger partial charge in [0.05, 0.1) is 16.0 Å². The molecular weight excluding hydrogens is 304 g/mol. The molecule has 21 heavy (non-hydrogen) atoms. The van der Waals surface area contributed by atoms with E-state index in [0.717, 1.165) is 11.3 Å². The van der Waals surface area contributed by atoms with Crippen LogP contribution in [0.5, 0.6) is 0 Å². The van der Waals surface area contributed by atoms with Gasteiger partial charge in [0.25, 0.3) is 0 Å². The molecule has 2 rings (SSSR count). The summed E-state index contributed by atoms with van der Waals surface area (Å²) in [5.74, 6) is -0.0487. The van der Waals surface area contributed by atoms with Crippen LogP contribution in [0.25, 0.3) is 0 Å². The average Bonchev–Trinajstić information content (AvgIpc) is 2.49. The zero-order chi connectivity index (χ0) is 15.2. The van der Waals surface area contributed by atoms with Crippen molar-refractivity contribution in [2.75, 3.05) is 11.1 Å². The number of nitrogens with two attached hydrogens (primary N) is 1. The number of thioether (sulfide) groups is 1. The summed E-state index contributed by atoms with van der Waals surface area (Å²) >= 11 is 7.58. The van der Waals surface area contributed by atoms with Crippen LogP contribution in [0.4, 0.5) is 11.4 Å². The van der Waals surface area contributed by atoms with E-state index in [4.69, 9.17) is 17.3 Å². The van der Waals surface area contributed by atoms with Crippen LogP contribution in [-0.4, -0.2) is 11.2 Å². The second-order valence-corrected chi connectivity index (χ2v) is 6.24. The van der Waals surface area contributed by atoms with Gasteiger partial charge in [-0.2, -0.15) is 0 Å². The fourth-order valence-corrected chi connectivity index (χ4v) is 2.95. The summed E-state index contributed by atoms with van der Waals surface area (Å²) in [5.41, 5.74) is 7.02. The number of nitrogen functional groups attached to an aromatic ring is 1. The highest BCUT2D eigenvalue weighted by Gasteiger charge is 2.18. The molecule has 0 heterocycles. The van der Waals surface area contributed by atoms with Gasteiger partial charge >= 0.3 is 0 Å². The van der Waals surface area contributed by atoms with E-state index in [-0.39, 0.29) is 11.2 Å². The zero-order valence-corrected chi connectivity index (χ0v) is 13.2. The lowest BCUT2D eigenvalue weighted by molar-refractivity contribution is -0.115. The molecule has 0 aliphatic heterocycles. The van der Waals surface area contributed by atoms with E-state index in [9.17, 15) is 4.79 Å². The summed E-state index contributed by atoms with van der Waals surface area (Å²) in [6.07, 6.45) is 0.728. The van der Waals surface area contributed by atoms with E-state index in [1.54, 1.807) is 12.1 Å². The normalized spacial score (nSPS) is 11.9. The van der Waals surface area contributed by atoms with E-state index in [1.165, 1.54) is 11.8 Å². The standard InChI is InChI=1S/C16H17ClN2OS/c1-2-15(21-12-9-7-11(18)8-10-12)16(20)19-14-6-4-3-5-13(14)17/h3-10,15H,2,18H2,1H3,(H,19,20). The van der Waals surface area contributed by atoms with Crippen molar-refractivity contribution < 1.29 is 4.79 Å². The topological polar surface area (TPSA) is 55.1 Å². The lowest BCUT2D eigenvalue weighted by Crippen LogP contribution is -2.24. The van der Waals surface area contributed by atoms with Crippen molar-refractivity contribution in [1.29, 1.82) is 0 Å². The van der Waals surface area contributed by atoms with Crippen molar-refractivity contribution in [3.8, 4) is 0 Å². The van der Waals surface area contributed by atoms with Crippen LogP contribution in [0.3, 0.4) is 0 Å². The van der Waals surface area contributed by atoms with Crippen molar-refractivity contribution in [3.05, 3.63) is 53.6 Å². The van der Waals surface area contributed by atoms with Gasteiger partial charge in [0.1, 0.15) is 0 Å². The Balaban J connectivity index is 2.05. The molecule has 1 amide bonds. The quantitative estimate of drug-likeness (QED) is 0.633. The van der Waals surface area contributed by atoms with Gasteiger partial charge in [-0.15, -0.1) is 11.8 Å². The molecular formula is C16H17ClN2OS. The van der Waals surface area contributed by atoms with Gasteiger partial charge in [-0.1, -0.05) is 30.7 Å². The number of carbonyl (C=O) groups excluding carboxylic acids is 1. The molecule has 2 aromatic rings. The number of nitrogens with one attached hydrogen (secondary N) is 1. The van der Waals surface area contributed by atoms with E-state index in [2.05, 4.69) is 5.32 Å². The number of benzene rings is 2. The Labute approximate surface area is 133 Å². The highest BCUT2D eigenvalue weighted by Crippen LogP contribution is 2.28. The summed E-state index contributed by atoms with van der Waals surface area (Å²) in [6.45, 7) is 1.99. The molecule has 110 valence electrons. The molecule has 0 aromatic heterocycles. The third-order valence-corrected chi connectivity index (χ3v) is 4.66. The number of rotatable bonds is 5. The van der Waals surface area contributed by atoms with Crippen molar-refractivity contribution in [2.45, 2.75) is 23.5 Å². The maximum absolute atomic E-state index is 12.4. The minimum atomic E-state index is -0.176. The van der Waals surface area contributed by atoms with Gasteiger partial charge in [-0.05, 0) is 42.8 Å². The van der Waals surface area contributed by atoms with Gasteiger partial charge < -0.3 is 11.1 Å². The fourth-order valence-electron chi connectivity index (χ4n) is 1.81. The molecule has 0 bridgehead atoms. The molecule has 1 unspecified atom stereocenters. The number of anilines is 2. The summed E-state index contributed by atoms with van der Waals surface area (Å²) < 4.78 is 0. The summed E-state index contributed by atoms with van der Waals surface area (Å²) in [5, 5.41) is 3.24. The molecule has 0 aliphatic carbocycles. The Bertz CT molecular complexity index is 616. The van der Waals surface area contributed by atoms with Crippen molar-refractivity contribution >= 4 is 40.6 Å². The number of carbonyl (C=O) groups is 1. The smallest absolute Gasteiger partial charge is 0.237 e. The molecule has 1 atom stereocenters. The van der Waals surface area contributed by atoms with Crippen LogP contribution in [0, 0.1) is 0 Å². The second-order valence-electron chi connectivity index (χ2n) is 4.55. The lowest BCUT2D eigenvalue weighted by Gasteiger charge is -2.15. The summed E-state index contributed by atoms with van der Waals surface area (Å²) in [7, 11) is 0. The molecule has 5 heteroatoms. The number of halogens is 1. The Morgan fingerprint density at radius 1 is 1.24 bits per heavy atom. The van der Waals surface area contributed by atoms with Crippen LogP contribution in [-0.2, 0) is 4.79 Å². The monoisotopic (exact) mass is 320 g/mol. The number of amides is 1. The highest BCUT2D eigenvalue weighted by molar-refractivity contribution is 8.00. The van der Waals surface area contributed by atoms with E-state index < -0.39 is 0 Å². The molecule has 3 N–H and O–H groups in total.